The van der Waals surface area contributed by atoms with E-state index in [1.165, 1.54) is 25.7 Å². The minimum atomic E-state index is 0.481. The highest BCUT2D eigenvalue weighted by Crippen LogP contribution is 2.29. The van der Waals surface area contributed by atoms with Crippen LogP contribution in [0.15, 0.2) is 52.9 Å². The number of rotatable bonds is 6. The maximum Gasteiger partial charge on any atom is 0.232 e. The molecule has 0 saturated carbocycles. The SMILES string of the molecule is C[C@H]1C[C@H](C)CN(c2cc(N3CCCCC3)nc(NC(=S)NCc3ccc(-c4ccccc4)o3)n2)C1. The van der Waals surface area contributed by atoms with Crippen molar-refractivity contribution in [1.29, 1.82) is 0 Å². The zero-order valence-corrected chi connectivity index (χ0v) is 22.1. The number of nitrogens with one attached hydrogen (secondary N) is 2. The van der Waals surface area contributed by atoms with Crippen molar-refractivity contribution >= 4 is 34.9 Å². The molecule has 190 valence electrons. The van der Waals surface area contributed by atoms with Crippen molar-refractivity contribution in [3.63, 3.8) is 0 Å². The topological polar surface area (TPSA) is 69.5 Å². The maximum absolute atomic E-state index is 5.99. The summed E-state index contributed by atoms with van der Waals surface area (Å²) in [5.74, 6) is 5.46. The number of piperidine rings is 2. The Morgan fingerprint density at radius 3 is 2.36 bits per heavy atom. The number of hydrogen-bond acceptors (Lipinski definition) is 6. The fourth-order valence-electron chi connectivity index (χ4n) is 5.32. The molecule has 2 aliphatic rings. The molecule has 0 radical (unpaired) electrons. The van der Waals surface area contributed by atoms with Crippen LogP contribution in [0.1, 0.15) is 45.3 Å². The van der Waals surface area contributed by atoms with Crippen LogP contribution in [-0.4, -0.2) is 41.3 Å². The van der Waals surface area contributed by atoms with Crippen LogP contribution in [0.2, 0.25) is 0 Å². The first-order chi connectivity index (χ1) is 17.5. The van der Waals surface area contributed by atoms with Gasteiger partial charge in [0.1, 0.15) is 23.2 Å². The average molecular weight is 505 g/mol. The molecule has 36 heavy (non-hydrogen) atoms. The molecular formula is C28H36N6OS. The normalized spacial score (nSPS) is 20.3. The van der Waals surface area contributed by atoms with E-state index in [2.05, 4.69) is 40.3 Å². The number of anilines is 3. The summed E-state index contributed by atoms with van der Waals surface area (Å²) in [6, 6.07) is 16.2. The molecule has 8 heteroatoms. The van der Waals surface area contributed by atoms with Crippen molar-refractivity contribution in [2.75, 3.05) is 41.3 Å². The average Bonchev–Trinajstić information content (AvgIpc) is 3.37. The van der Waals surface area contributed by atoms with Gasteiger partial charge in [-0.2, -0.15) is 9.97 Å². The van der Waals surface area contributed by atoms with E-state index in [0.29, 0.717) is 29.4 Å². The molecule has 1 aromatic carbocycles. The van der Waals surface area contributed by atoms with Crippen molar-refractivity contribution in [2.45, 2.75) is 46.1 Å². The van der Waals surface area contributed by atoms with Crippen LogP contribution >= 0.6 is 12.2 Å². The van der Waals surface area contributed by atoms with Gasteiger partial charge in [0.2, 0.25) is 5.95 Å². The second-order valence-electron chi connectivity index (χ2n) is 10.2. The number of nitrogens with zero attached hydrogens (tertiary/aromatic N) is 4. The van der Waals surface area contributed by atoms with Crippen LogP contribution in [-0.2, 0) is 6.54 Å². The van der Waals surface area contributed by atoms with Gasteiger partial charge < -0.3 is 24.9 Å². The van der Waals surface area contributed by atoms with Crippen LogP contribution in [0.25, 0.3) is 11.3 Å². The van der Waals surface area contributed by atoms with Crippen LogP contribution in [0.4, 0.5) is 17.6 Å². The predicted molar refractivity (Wildman–Crippen MR) is 150 cm³/mol. The van der Waals surface area contributed by atoms with Crippen LogP contribution < -0.4 is 20.4 Å². The third kappa shape index (κ3) is 6.16. The first-order valence-electron chi connectivity index (χ1n) is 13.1. The Labute approximate surface area is 219 Å². The minimum absolute atomic E-state index is 0.481. The number of benzene rings is 1. The third-order valence-corrected chi connectivity index (χ3v) is 7.19. The van der Waals surface area contributed by atoms with E-state index >= 15 is 0 Å². The standard InChI is InChI=1S/C28H36N6OS/c1-20-15-21(2)19-34(18-20)26-16-25(33-13-7-4-8-14-33)30-27(31-26)32-28(36)29-17-23-11-12-24(35-23)22-9-5-3-6-10-22/h3,5-6,9-12,16,20-21H,4,7-8,13-15,17-19H2,1-2H3,(H2,29,30,31,32,36)/t20-,21-/m0/s1. The molecule has 4 heterocycles. The minimum Gasteiger partial charge on any atom is -0.459 e. The summed E-state index contributed by atoms with van der Waals surface area (Å²) in [7, 11) is 0. The monoisotopic (exact) mass is 504 g/mol. The van der Waals surface area contributed by atoms with Gasteiger partial charge in [-0.05, 0) is 61.9 Å². The molecule has 5 rings (SSSR count). The fourth-order valence-corrected chi connectivity index (χ4v) is 5.48. The number of aromatic nitrogens is 2. The fraction of sp³-hybridized carbons (Fsp3) is 0.464. The predicted octanol–water partition coefficient (Wildman–Crippen LogP) is 5.70. The lowest BCUT2D eigenvalue weighted by Gasteiger charge is -2.36. The molecule has 0 bridgehead atoms. The quantitative estimate of drug-likeness (QED) is 0.415. The summed E-state index contributed by atoms with van der Waals surface area (Å²) in [5.41, 5.74) is 1.06. The number of hydrogen-bond donors (Lipinski definition) is 2. The highest BCUT2D eigenvalue weighted by molar-refractivity contribution is 7.80. The molecule has 2 aromatic heterocycles. The van der Waals surface area contributed by atoms with Crippen molar-refractivity contribution in [3.8, 4) is 11.3 Å². The maximum atomic E-state index is 5.99. The molecule has 3 aromatic rings. The van der Waals surface area contributed by atoms with Crippen LogP contribution in [0.3, 0.4) is 0 Å². The van der Waals surface area contributed by atoms with Crippen LogP contribution in [0.5, 0.6) is 0 Å². The summed E-state index contributed by atoms with van der Waals surface area (Å²) >= 11 is 5.60. The molecule has 2 fully saturated rings. The lowest BCUT2D eigenvalue weighted by Crippen LogP contribution is -2.40. The van der Waals surface area contributed by atoms with E-state index in [4.69, 9.17) is 26.6 Å². The van der Waals surface area contributed by atoms with E-state index in [1.807, 2.05) is 42.5 Å². The second kappa shape index (κ2) is 11.3. The van der Waals surface area contributed by atoms with Gasteiger partial charge in [-0.25, -0.2) is 0 Å². The van der Waals surface area contributed by atoms with Crippen LogP contribution in [0, 0.1) is 11.8 Å². The van der Waals surface area contributed by atoms with E-state index in [9.17, 15) is 0 Å². The number of furan rings is 1. The Morgan fingerprint density at radius 1 is 0.944 bits per heavy atom. The van der Waals surface area contributed by atoms with Gasteiger partial charge in [0.25, 0.3) is 0 Å². The van der Waals surface area contributed by atoms with Crippen molar-refractivity contribution in [2.24, 2.45) is 11.8 Å². The van der Waals surface area contributed by atoms with Gasteiger partial charge >= 0.3 is 0 Å². The van der Waals surface area contributed by atoms with E-state index in [0.717, 1.165) is 54.9 Å². The molecule has 0 spiro atoms. The van der Waals surface area contributed by atoms with E-state index in [-0.39, 0.29) is 0 Å². The van der Waals surface area contributed by atoms with Gasteiger partial charge in [0.05, 0.1) is 6.54 Å². The highest BCUT2D eigenvalue weighted by atomic mass is 32.1. The summed E-state index contributed by atoms with van der Waals surface area (Å²) in [5, 5.41) is 6.96. The summed E-state index contributed by atoms with van der Waals surface area (Å²) in [6.45, 7) is 9.24. The zero-order valence-electron chi connectivity index (χ0n) is 21.2. The lowest BCUT2D eigenvalue weighted by atomic mass is 9.92. The first-order valence-corrected chi connectivity index (χ1v) is 13.5. The first kappa shape index (κ1) is 24.6. The highest BCUT2D eigenvalue weighted by Gasteiger charge is 2.25. The van der Waals surface area contributed by atoms with Gasteiger partial charge in [-0.15, -0.1) is 0 Å². The Balaban J connectivity index is 1.28. The second-order valence-corrected chi connectivity index (χ2v) is 10.7. The molecule has 2 saturated heterocycles. The molecule has 0 aliphatic carbocycles. The van der Waals surface area contributed by atoms with E-state index < -0.39 is 0 Å². The third-order valence-electron chi connectivity index (χ3n) is 6.94. The van der Waals surface area contributed by atoms with Crippen molar-refractivity contribution in [3.05, 3.63) is 54.3 Å². The van der Waals surface area contributed by atoms with Gasteiger partial charge in [0, 0.05) is 37.8 Å². The molecule has 2 atom stereocenters. The Bertz CT molecular complexity index is 1150. The smallest absolute Gasteiger partial charge is 0.232 e. The summed E-state index contributed by atoms with van der Waals surface area (Å²) in [6.07, 6.45) is 4.95. The molecule has 0 unspecified atom stereocenters. The van der Waals surface area contributed by atoms with Gasteiger partial charge in [0.15, 0.2) is 5.11 Å². The Morgan fingerprint density at radius 2 is 1.64 bits per heavy atom. The molecular weight excluding hydrogens is 468 g/mol. The van der Waals surface area contributed by atoms with Crippen molar-refractivity contribution < 1.29 is 4.42 Å². The Kier molecular flexibility index (Phi) is 7.70. The van der Waals surface area contributed by atoms with Gasteiger partial charge in [-0.1, -0.05) is 44.2 Å². The van der Waals surface area contributed by atoms with Crippen molar-refractivity contribution in [1.82, 2.24) is 15.3 Å². The zero-order chi connectivity index (χ0) is 24.9. The summed E-state index contributed by atoms with van der Waals surface area (Å²) in [4.78, 5) is 14.5. The number of thiocarbonyl (C=S) groups is 1. The molecule has 0 amide bonds. The Hall–Kier alpha value is -3.13. The lowest BCUT2D eigenvalue weighted by molar-refractivity contribution is 0.355. The van der Waals surface area contributed by atoms with Gasteiger partial charge in [-0.3, -0.25) is 0 Å². The molecule has 7 nitrogen and oxygen atoms in total. The summed E-state index contributed by atoms with van der Waals surface area (Å²) < 4.78 is 5.99. The largest absolute Gasteiger partial charge is 0.459 e. The van der Waals surface area contributed by atoms with E-state index in [1.54, 1.807) is 0 Å². The molecule has 2 aliphatic heterocycles. The molecule has 2 N–H and O–H groups in total.